The van der Waals surface area contributed by atoms with E-state index in [0.29, 0.717) is 12.3 Å². The molecule has 0 amide bonds. The van der Waals surface area contributed by atoms with E-state index < -0.39 is 6.43 Å². The summed E-state index contributed by atoms with van der Waals surface area (Å²) in [6.07, 6.45) is -2.06. The summed E-state index contributed by atoms with van der Waals surface area (Å²) >= 11 is 0. The summed E-state index contributed by atoms with van der Waals surface area (Å²) in [7, 11) is 1.80. The first-order chi connectivity index (χ1) is 6.54. The number of nitrogens with zero attached hydrogens (tertiary/aromatic N) is 1. The lowest BCUT2D eigenvalue weighted by Gasteiger charge is -2.05. The lowest BCUT2D eigenvalue weighted by Crippen LogP contribution is -2.23. The van der Waals surface area contributed by atoms with Gasteiger partial charge in [-0.05, 0) is 20.9 Å². The standard InChI is InChI=1S/C9H14F2N2O/c1-5(12-3)4-7-13-6(2)8(14-7)9(10)11/h5,9,12H,4H2,1-3H3. The Morgan fingerprint density at radius 2 is 2.14 bits per heavy atom. The molecular weight excluding hydrogens is 190 g/mol. The van der Waals surface area contributed by atoms with Crippen molar-refractivity contribution in [3.05, 3.63) is 17.3 Å². The first-order valence-corrected chi connectivity index (χ1v) is 4.46. The Kier molecular flexibility index (Phi) is 3.57. The molecule has 1 aromatic rings. The fourth-order valence-corrected chi connectivity index (χ4v) is 1.12. The molecule has 1 heterocycles. The highest BCUT2D eigenvalue weighted by Crippen LogP contribution is 2.23. The molecule has 0 spiro atoms. The van der Waals surface area contributed by atoms with Crippen LogP contribution in [0.2, 0.25) is 0 Å². The van der Waals surface area contributed by atoms with Gasteiger partial charge in [0.25, 0.3) is 6.43 Å². The second-order valence-corrected chi connectivity index (χ2v) is 3.25. The summed E-state index contributed by atoms with van der Waals surface area (Å²) in [4.78, 5) is 3.93. The van der Waals surface area contributed by atoms with Gasteiger partial charge in [0.05, 0.1) is 5.69 Å². The van der Waals surface area contributed by atoms with Crippen molar-refractivity contribution < 1.29 is 13.2 Å². The van der Waals surface area contributed by atoms with Gasteiger partial charge in [-0.1, -0.05) is 0 Å². The molecule has 0 aliphatic carbocycles. The van der Waals surface area contributed by atoms with Gasteiger partial charge in [-0.25, -0.2) is 13.8 Å². The first kappa shape index (κ1) is 11.1. The Bertz CT molecular complexity index is 299. The number of likely N-dealkylation sites (N-methyl/N-ethyl adjacent to an activating group) is 1. The molecule has 0 aromatic carbocycles. The van der Waals surface area contributed by atoms with Gasteiger partial charge in [-0.3, -0.25) is 0 Å². The predicted molar refractivity (Wildman–Crippen MR) is 48.4 cm³/mol. The van der Waals surface area contributed by atoms with Crippen LogP contribution in [-0.4, -0.2) is 18.1 Å². The second-order valence-electron chi connectivity index (χ2n) is 3.25. The molecule has 0 saturated carbocycles. The monoisotopic (exact) mass is 204 g/mol. The van der Waals surface area contributed by atoms with Crippen molar-refractivity contribution >= 4 is 0 Å². The largest absolute Gasteiger partial charge is 0.439 e. The van der Waals surface area contributed by atoms with E-state index in [1.807, 2.05) is 6.92 Å². The molecule has 0 bridgehead atoms. The molecule has 1 rings (SSSR count). The fraction of sp³-hybridized carbons (Fsp3) is 0.667. The van der Waals surface area contributed by atoms with E-state index in [4.69, 9.17) is 4.42 Å². The smallest absolute Gasteiger partial charge is 0.297 e. The van der Waals surface area contributed by atoms with Crippen LogP contribution in [0.4, 0.5) is 8.78 Å². The number of hydrogen-bond donors (Lipinski definition) is 1. The van der Waals surface area contributed by atoms with Crippen molar-refractivity contribution in [1.29, 1.82) is 0 Å². The maximum atomic E-state index is 12.3. The van der Waals surface area contributed by atoms with E-state index in [2.05, 4.69) is 10.3 Å². The molecule has 0 aliphatic rings. The van der Waals surface area contributed by atoms with Gasteiger partial charge in [-0.15, -0.1) is 0 Å². The third kappa shape index (κ3) is 2.51. The predicted octanol–water partition coefficient (Wildman–Crippen LogP) is 2.07. The topological polar surface area (TPSA) is 38.1 Å². The highest BCUT2D eigenvalue weighted by Gasteiger charge is 2.19. The lowest BCUT2D eigenvalue weighted by atomic mass is 10.2. The van der Waals surface area contributed by atoms with Gasteiger partial charge in [0, 0.05) is 12.5 Å². The molecule has 0 aliphatic heterocycles. The van der Waals surface area contributed by atoms with Crippen LogP contribution in [0.5, 0.6) is 0 Å². The van der Waals surface area contributed by atoms with Crippen molar-refractivity contribution in [2.45, 2.75) is 32.7 Å². The Balaban J connectivity index is 2.75. The number of aryl methyl sites for hydroxylation is 1. The van der Waals surface area contributed by atoms with E-state index in [0.717, 1.165) is 0 Å². The Morgan fingerprint density at radius 3 is 2.57 bits per heavy atom. The lowest BCUT2D eigenvalue weighted by molar-refractivity contribution is 0.118. The van der Waals surface area contributed by atoms with Crippen molar-refractivity contribution in [3.8, 4) is 0 Å². The number of alkyl halides is 2. The average molecular weight is 204 g/mol. The summed E-state index contributed by atoms with van der Waals surface area (Å²) in [5, 5.41) is 2.98. The zero-order valence-electron chi connectivity index (χ0n) is 8.47. The fourth-order valence-electron chi connectivity index (χ4n) is 1.12. The van der Waals surface area contributed by atoms with Crippen molar-refractivity contribution in [1.82, 2.24) is 10.3 Å². The number of oxazole rings is 1. The van der Waals surface area contributed by atoms with E-state index >= 15 is 0 Å². The summed E-state index contributed by atoms with van der Waals surface area (Å²) in [5.74, 6) is 0.0444. The molecule has 80 valence electrons. The van der Waals surface area contributed by atoms with Gasteiger partial charge < -0.3 is 9.73 Å². The molecule has 1 atom stereocenters. The molecule has 0 saturated heterocycles. The molecule has 1 unspecified atom stereocenters. The Hall–Kier alpha value is -0.970. The van der Waals surface area contributed by atoms with E-state index in [1.54, 1.807) is 7.05 Å². The minimum atomic E-state index is -2.58. The molecular formula is C9H14F2N2O. The second kappa shape index (κ2) is 4.50. The third-order valence-electron chi connectivity index (χ3n) is 2.05. The van der Waals surface area contributed by atoms with Crippen LogP contribution in [0.1, 0.15) is 30.7 Å². The van der Waals surface area contributed by atoms with Gasteiger partial charge in [0.15, 0.2) is 11.7 Å². The van der Waals surface area contributed by atoms with Crippen LogP contribution in [0.15, 0.2) is 4.42 Å². The van der Waals surface area contributed by atoms with Gasteiger partial charge in [-0.2, -0.15) is 0 Å². The highest BCUT2D eigenvalue weighted by molar-refractivity contribution is 5.09. The maximum absolute atomic E-state index is 12.3. The quantitative estimate of drug-likeness (QED) is 0.815. The number of hydrogen-bond acceptors (Lipinski definition) is 3. The normalized spacial score (nSPS) is 13.6. The van der Waals surface area contributed by atoms with Crippen LogP contribution >= 0.6 is 0 Å². The van der Waals surface area contributed by atoms with Crippen LogP contribution in [0.25, 0.3) is 0 Å². The van der Waals surface area contributed by atoms with E-state index in [-0.39, 0.29) is 17.5 Å². The summed E-state index contributed by atoms with van der Waals surface area (Å²) in [5.41, 5.74) is 0.276. The van der Waals surface area contributed by atoms with Crippen molar-refractivity contribution in [2.75, 3.05) is 7.05 Å². The molecule has 1 aromatic heterocycles. The van der Waals surface area contributed by atoms with E-state index in [9.17, 15) is 8.78 Å². The maximum Gasteiger partial charge on any atom is 0.297 e. The minimum absolute atomic E-state index is 0.165. The molecule has 14 heavy (non-hydrogen) atoms. The molecule has 0 radical (unpaired) electrons. The van der Waals surface area contributed by atoms with Gasteiger partial charge in [0.2, 0.25) is 0 Å². The Labute approximate surface area is 81.5 Å². The van der Waals surface area contributed by atoms with Gasteiger partial charge in [0.1, 0.15) is 0 Å². The number of aromatic nitrogens is 1. The van der Waals surface area contributed by atoms with Crippen molar-refractivity contribution in [3.63, 3.8) is 0 Å². The average Bonchev–Trinajstić information content (AvgIpc) is 2.46. The number of rotatable bonds is 4. The molecule has 0 fully saturated rings. The highest BCUT2D eigenvalue weighted by atomic mass is 19.3. The Morgan fingerprint density at radius 1 is 1.50 bits per heavy atom. The molecule has 5 heteroatoms. The van der Waals surface area contributed by atoms with Crippen LogP contribution in [0.3, 0.4) is 0 Å². The minimum Gasteiger partial charge on any atom is -0.439 e. The summed E-state index contributed by atoms with van der Waals surface area (Å²) < 4.78 is 29.6. The zero-order valence-corrected chi connectivity index (χ0v) is 8.47. The molecule has 1 N–H and O–H groups in total. The number of halogens is 2. The SMILES string of the molecule is CNC(C)Cc1nc(C)c(C(F)F)o1. The van der Waals surface area contributed by atoms with E-state index in [1.165, 1.54) is 6.92 Å². The van der Waals surface area contributed by atoms with Crippen LogP contribution < -0.4 is 5.32 Å². The van der Waals surface area contributed by atoms with Crippen LogP contribution in [-0.2, 0) is 6.42 Å². The van der Waals surface area contributed by atoms with Crippen molar-refractivity contribution in [2.24, 2.45) is 0 Å². The third-order valence-corrected chi connectivity index (χ3v) is 2.05. The zero-order chi connectivity index (χ0) is 10.7. The summed E-state index contributed by atoms with van der Waals surface area (Å²) in [6.45, 7) is 3.46. The van der Waals surface area contributed by atoms with Gasteiger partial charge >= 0.3 is 0 Å². The number of nitrogens with one attached hydrogen (secondary N) is 1. The molecule has 3 nitrogen and oxygen atoms in total. The first-order valence-electron chi connectivity index (χ1n) is 4.46. The summed E-state index contributed by atoms with van der Waals surface area (Å²) in [6, 6.07) is 0.165. The van der Waals surface area contributed by atoms with Crippen LogP contribution in [0, 0.1) is 6.92 Å².